The smallest absolute Gasteiger partial charge is 0.276 e. The van der Waals surface area contributed by atoms with Crippen LogP contribution in [0.15, 0.2) is 47.4 Å². The third-order valence-corrected chi connectivity index (χ3v) is 8.81. The molecule has 0 unspecified atom stereocenters. The molecule has 1 aliphatic rings. The summed E-state index contributed by atoms with van der Waals surface area (Å²) in [5, 5.41) is 7.63. The summed E-state index contributed by atoms with van der Waals surface area (Å²) < 4.78 is 35.7. The second kappa shape index (κ2) is 9.85. The number of carbonyl (C=O) groups is 1. The van der Waals surface area contributed by atoms with Crippen molar-refractivity contribution in [3.63, 3.8) is 0 Å². The maximum absolute atomic E-state index is 13.7. The molecule has 4 aromatic rings. The topological polar surface area (TPSA) is 106 Å². The fraction of sp³-hybridized carbons (Fsp3) is 0.321. The van der Waals surface area contributed by atoms with Crippen LogP contribution in [0, 0.1) is 27.7 Å². The summed E-state index contributed by atoms with van der Waals surface area (Å²) in [4.78, 5) is 18.4. The highest BCUT2D eigenvalue weighted by Gasteiger charge is 2.32. The molecule has 0 bridgehead atoms. The second-order valence-corrected chi connectivity index (χ2v) is 11.7. The Kier molecular flexibility index (Phi) is 6.70. The molecule has 10 heteroatoms. The second-order valence-electron chi connectivity index (χ2n) is 9.75. The van der Waals surface area contributed by atoms with Gasteiger partial charge in [0.1, 0.15) is 10.6 Å². The van der Waals surface area contributed by atoms with Crippen LogP contribution in [0.3, 0.4) is 0 Å². The lowest BCUT2D eigenvalue weighted by Gasteiger charge is -2.18. The third-order valence-electron chi connectivity index (χ3n) is 6.89. The number of sulfonamides is 1. The van der Waals surface area contributed by atoms with Crippen molar-refractivity contribution in [1.29, 1.82) is 0 Å². The highest BCUT2D eigenvalue weighted by molar-refractivity contribution is 7.89. The van der Waals surface area contributed by atoms with E-state index < -0.39 is 15.9 Å². The van der Waals surface area contributed by atoms with Crippen LogP contribution in [-0.2, 0) is 10.0 Å². The van der Waals surface area contributed by atoms with Crippen molar-refractivity contribution >= 4 is 27.3 Å². The Labute approximate surface area is 222 Å². The van der Waals surface area contributed by atoms with Gasteiger partial charge in [0.05, 0.1) is 12.7 Å². The highest BCUT2D eigenvalue weighted by Crippen LogP contribution is 2.36. The number of methoxy groups -OCH3 is 1. The number of carbonyl (C=O) groups excluding carboxylic acids is 1. The first kappa shape index (κ1) is 25.9. The highest BCUT2D eigenvalue weighted by atomic mass is 32.2. The monoisotopic (exact) mass is 533 g/mol. The van der Waals surface area contributed by atoms with Gasteiger partial charge < -0.3 is 10.1 Å². The summed E-state index contributed by atoms with van der Waals surface area (Å²) in [6.07, 6.45) is 1.64. The van der Waals surface area contributed by atoms with Crippen LogP contribution in [-0.4, -0.2) is 53.4 Å². The maximum atomic E-state index is 13.7. The fourth-order valence-electron chi connectivity index (χ4n) is 4.90. The van der Waals surface area contributed by atoms with E-state index in [1.54, 1.807) is 22.7 Å². The van der Waals surface area contributed by atoms with Crippen molar-refractivity contribution in [3.05, 3.63) is 70.7 Å². The molecule has 1 amide bonds. The number of aryl methyl sites for hydroxylation is 4. The van der Waals surface area contributed by atoms with Crippen molar-refractivity contribution < 1.29 is 17.9 Å². The first-order chi connectivity index (χ1) is 18.1. The zero-order valence-corrected chi connectivity index (χ0v) is 23.0. The molecule has 1 aliphatic heterocycles. The van der Waals surface area contributed by atoms with E-state index in [0.29, 0.717) is 35.6 Å². The minimum Gasteiger partial charge on any atom is -0.495 e. The van der Waals surface area contributed by atoms with E-state index in [2.05, 4.69) is 10.4 Å². The molecule has 5 rings (SSSR count). The SMILES string of the molecule is COc1ccc(-c2c(C(=O)Nc3cc(C)ccc3C)nn3c(C)cc(C)nc23)cc1S(=O)(=O)N1CCCC1. The molecule has 3 heterocycles. The zero-order chi connectivity index (χ0) is 27.2. The van der Waals surface area contributed by atoms with Crippen molar-refractivity contribution in [3.8, 4) is 16.9 Å². The van der Waals surface area contributed by atoms with E-state index in [1.807, 2.05) is 52.0 Å². The van der Waals surface area contributed by atoms with Gasteiger partial charge in [0.15, 0.2) is 11.3 Å². The Balaban J connectivity index is 1.71. The van der Waals surface area contributed by atoms with Gasteiger partial charge in [-0.05, 0) is 81.5 Å². The lowest BCUT2D eigenvalue weighted by molar-refractivity contribution is 0.102. The molecule has 9 nitrogen and oxygen atoms in total. The lowest BCUT2D eigenvalue weighted by atomic mass is 10.0. The van der Waals surface area contributed by atoms with Gasteiger partial charge in [0, 0.05) is 30.2 Å². The van der Waals surface area contributed by atoms with Crippen LogP contribution in [0.2, 0.25) is 0 Å². The molecule has 2 aromatic heterocycles. The van der Waals surface area contributed by atoms with E-state index in [0.717, 1.165) is 35.4 Å². The normalized spacial score (nSPS) is 14.2. The summed E-state index contributed by atoms with van der Waals surface area (Å²) in [6.45, 7) is 8.58. The molecule has 38 heavy (non-hydrogen) atoms. The first-order valence-electron chi connectivity index (χ1n) is 12.5. The van der Waals surface area contributed by atoms with E-state index in [-0.39, 0.29) is 16.3 Å². The Hall–Kier alpha value is -3.76. The maximum Gasteiger partial charge on any atom is 0.276 e. The molecule has 2 aromatic carbocycles. The number of nitrogens with one attached hydrogen (secondary N) is 1. The molecule has 0 atom stereocenters. The summed E-state index contributed by atoms with van der Waals surface area (Å²) in [7, 11) is -2.35. The lowest BCUT2D eigenvalue weighted by Crippen LogP contribution is -2.28. The standard InChI is InChI=1S/C28H31N5O4S/c1-17-8-9-18(2)22(14-17)30-28(34)26-25(27-29-19(3)15-20(4)33(27)31-26)21-10-11-23(37-5)24(16-21)38(35,36)32-12-6-7-13-32/h8-11,14-16H,6-7,12-13H2,1-5H3,(H,30,34). The molecule has 0 spiro atoms. The molecule has 1 fully saturated rings. The summed E-state index contributed by atoms with van der Waals surface area (Å²) in [5.41, 5.74) is 5.79. The number of hydrogen-bond acceptors (Lipinski definition) is 6. The van der Waals surface area contributed by atoms with Crippen molar-refractivity contribution in [2.75, 3.05) is 25.5 Å². The molecule has 198 valence electrons. The van der Waals surface area contributed by atoms with Crippen LogP contribution < -0.4 is 10.1 Å². The molecular formula is C28H31N5O4S. The van der Waals surface area contributed by atoms with Crippen LogP contribution in [0.5, 0.6) is 5.75 Å². The predicted octanol–water partition coefficient (Wildman–Crippen LogP) is 4.68. The van der Waals surface area contributed by atoms with Gasteiger partial charge in [-0.3, -0.25) is 4.79 Å². The van der Waals surface area contributed by atoms with Crippen molar-refractivity contribution in [1.82, 2.24) is 18.9 Å². The number of ether oxygens (including phenoxy) is 1. The number of rotatable bonds is 6. The van der Waals surface area contributed by atoms with E-state index in [1.165, 1.54) is 11.4 Å². The molecule has 0 aliphatic carbocycles. The van der Waals surface area contributed by atoms with Gasteiger partial charge in [0.25, 0.3) is 5.91 Å². The Morgan fingerprint density at radius 2 is 1.74 bits per heavy atom. The first-order valence-corrected chi connectivity index (χ1v) is 14.0. The number of fused-ring (bicyclic) bond motifs is 1. The molecule has 1 N–H and O–H groups in total. The van der Waals surface area contributed by atoms with E-state index in [4.69, 9.17) is 9.72 Å². The van der Waals surface area contributed by atoms with Gasteiger partial charge in [-0.25, -0.2) is 17.9 Å². The van der Waals surface area contributed by atoms with Gasteiger partial charge in [0.2, 0.25) is 10.0 Å². The summed E-state index contributed by atoms with van der Waals surface area (Å²) in [6, 6.07) is 12.7. The molecule has 1 saturated heterocycles. The van der Waals surface area contributed by atoms with Crippen LogP contribution in [0.4, 0.5) is 5.69 Å². The fourth-order valence-corrected chi connectivity index (χ4v) is 6.60. The number of aromatic nitrogens is 3. The Morgan fingerprint density at radius 1 is 1.00 bits per heavy atom. The molecule has 0 saturated carbocycles. The number of anilines is 1. The number of benzene rings is 2. The van der Waals surface area contributed by atoms with Gasteiger partial charge >= 0.3 is 0 Å². The molecule has 0 radical (unpaired) electrons. The average Bonchev–Trinajstić information content (AvgIpc) is 3.55. The average molecular weight is 534 g/mol. The Bertz CT molecular complexity index is 1670. The van der Waals surface area contributed by atoms with Crippen LogP contribution >= 0.6 is 0 Å². The van der Waals surface area contributed by atoms with Gasteiger partial charge in [-0.1, -0.05) is 18.2 Å². The minimum absolute atomic E-state index is 0.0593. The summed E-state index contributed by atoms with van der Waals surface area (Å²) >= 11 is 0. The van der Waals surface area contributed by atoms with E-state index in [9.17, 15) is 13.2 Å². The predicted molar refractivity (Wildman–Crippen MR) is 146 cm³/mol. The number of nitrogens with zero attached hydrogens (tertiary/aromatic N) is 4. The Morgan fingerprint density at radius 3 is 2.45 bits per heavy atom. The largest absolute Gasteiger partial charge is 0.495 e. The van der Waals surface area contributed by atoms with Crippen LogP contribution in [0.25, 0.3) is 16.8 Å². The minimum atomic E-state index is -3.80. The van der Waals surface area contributed by atoms with E-state index >= 15 is 0 Å². The van der Waals surface area contributed by atoms with Crippen molar-refractivity contribution in [2.24, 2.45) is 0 Å². The zero-order valence-electron chi connectivity index (χ0n) is 22.2. The number of hydrogen-bond donors (Lipinski definition) is 1. The summed E-state index contributed by atoms with van der Waals surface area (Å²) in [5.74, 6) is -0.158. The number of amides is 1. The third kappa shape index (κ3) is 4.54. The van der Waals surface area contributed by atoms with Crippen LogP contribution in [0.1, 0.15) is 45.8 Å². The van der Waals surface area contributed by atoms with Gasteiger partial charge in [-0.15, -0.1) is 0 Å². The van der Waals surface area contributed by atoms with Crippen molar-refractivity contribution in [2.45, 2.75) is 45.4 Å². The van der Waals surface area contributed by atoms with Gasteiger partial charge in [-0.2, -0.15) is 9.40 Å². The quantitative estimate of drug-likeness (QED) is 0.386. The molecular weight excluding hydrogens is 502 g/mol.